The van der Waals surface area contributed by atoms with Gasteiger partial charge in [0.05, 0.1) is 0 Å². The molecular formula is C21H24ClN2O+. The number of carbonyl (C=O) groups is 1. The Bertz CT molecular complexity index is 758. The molecule has 3 nitrogen and oxygen atoms in total. The number of quaternary nitrogens is 1. The maximum atomic E-state index is 12.5. The molecule has 1 atom stereocenters. The molecule has 0 radical (unpaired) electrons. The van der Waals surface area contributed by atoms with Crippen LogP contribution < -0.4 is 5.32 Å². The standard InChI is InChI=1S/C21H23ClN2O/c1-16(19-9-5-6-10-20(19)22)23-15-21(25)24-13-11-18(12-14-24)17-7-3-2-4-8-17/h2-11,16,23H,12-15H2,1H3/p+1/t16-/m1/s1. The summed E-state index contributed by atoms with van der Waals surface area (Å²) in [6, 6.07) is 18.4. The lowest BCUT2D eigenvalue weighted by Gasteiger charge is -2.26. The molecule has 0 spiro atoms. The first-order chi connectivity index (χ1) is 12.1. The fourth-order valence-corrected chi connectivity index (χ4v) is 3.50. The number of benzene rings is 2. The number of rotatable bonds is 5. The van der Waals surface area contributed by atoms with Gasteiger partial charge in [-0.3, -0.25) is 4.79 Å². The second-order valence-corrected chi connectivity index (χ2v) is 6.84. The number of nitrogens with two attached hydrogens (primary N) is 1. The SMILES string of the molecule is C[C@@H]([NH2+]CC(=O)N1CC=C(c2ccccc2)CC1)c1ccccc1Cl. The van der Waals surface area contributed by atoms with Crippen molar-refractivity contribution in [1.82, 2.24) is 4.90 Å². The molecule has 130 valence electrons. The quantitative estimate of drug-likeness (QED) is 0.878. The van der Waals surface area contributed by atoms with Gasteiger partial charge in [0.2, 0.25) is 0 Å². The van der Waals surface area contributed by atoms with Crippen molar-refractivity contribution in [1.29, 1.82) is 0 Å². The number of hydrogen-bond donors (Lipinski definition) is 1. The second kappa shape index (κ2) is 8.32. The van der Waals surface area contributed by atoms with Gasteiger partial charge in [-0.05, 0) is 30.5 Å². The number of carbonyl (C=O) groups excluding carboxylic acids is 1. The first-order valence-electron chi connectivity index (χ1n) is 8.75. The average Bonchev–Trinajstić information content (AvgIpc) is 2.67. The average molecular weight is 356 g/mol. The van der Waals surface area contributed by atoms with E-state index in [4.69, 9.17) is 11.6 Å². The number of amides is 1. The molecular weight excluding hydrogens is 332 g/mol. The van der Waals surface area contributed by atoms with Crippen molar-refractivity contribution in [3.63, 3.8) is 0 Å². The summed E-state index contributed by atoms with van der Waals surface area (Å²) in [4.78, 5) is 14.4. The number of halogens is 1. The zero-order valence-electron chi connectivity index (χ0n) is 14.5. The van der Waals surface area contributed by atoms with Crippen LogP contribution in [-0.4, -0.2) is 30.4 Å². The summed E-state index contributed by atoms with van der Waals surface area (Å²) in [6.45, 7) is 4.00. The third-order valence-corrected chi connectivity index (χ3v) is 5.09. The molecule has 0 bridgehead atoms. The van der Waals surface area contributed by atoms with Crippen LogP contribution in [0.4, 0.5) is 0 Å². The van der Waals surface area contributed by atoms with E-state index in [-0.39, 0.29) is 11.9 Å². The maximum absolute atomic E-state index is 12.5. The first-order valence-corrected chi connectivity index (χ1v) is 9.13. The smallest absolute Gasteiger partial charge is 0.277 e. The van der Waals surface area contributed by atoms with Crippen molar-refractivity contribution < 1.29 is 10.1 Å². The zero-order chi connectivity index (χ0) is 17.6. The highest BCUT2D eigenvalue weighted by Crippen LogP contribution is 2.22. The topological polar surface area (TPSA) is 36.9 Å². The highest BCUT2D eigenvalue weighted by Gasteiger charge is 2.20. The Balaban J connectivity index is 1.53. The van der Waals surface area contributed by atoms with E-state index in [1.807, 2.05) is 35.2 Å². The van der Waals surface area contributed by atoms with Gasteiger partial charge in [0.1, 0.15) is 6.04 Å². The maximum Gasteiger partial charge on any atom is 0.277 e. The van der Waals surface area contributed by atoms with E-state index < -0.39 is 0 Å². The molecule has 1 amide bonds. The summed E-state index contributed by atoms with van der Waals surface area (Å²) < 4.78 is 0. The van der Waals surface area contributed by atoms with Crippen LogP contribution in [0.2, 0.25) is 5.02 Å². The van der Waals surface area contributed by atoms with Crippen LogP contribution in [0.5, 0.6) is 0 Å². The summed E-state index contributed by atoms with van der Waals surface area (Å²) >= 11 is 6.23. The van der Waals surface area contributed by atoms with E-state index in [1.54, 1.807) is 0 Å². The number of nitrogens with zero attached hydrogens (tertiary/aromatic N) is 1. The predicted molar refractivity (Wildman–Crippen MR) is 102 cm³/mol. The third-order valence-electron chi connectivity index (χ3n) is 4.75. The van der Waals surface area contributed by atoms with Gasteiger partial charge < -0.3 is 10.2 Å². The lowest BCUT2D eigenvalue weighted by molar-refractivity contribution is -0.683. The number of hydrogen-bond acceptors (Lipinski definition) is 1. The van der Waals surface area contributed by atoms with Crippen LogP contribution in [0.1, 0.15) is 30.5 Å². The monoisotopic (exact) mass is 355 g/mol. The fraction of sp³-hybridized carbons (Fsp3) is 0.286. The van der Waals surface area contributed by atoms with Gasteiger partial charge in [-0.1, -0.05) is 66.2 Å². The molecule has 2 N–H and O–H groups in total. The molecule has 2 aromatic rings. The van der Waals surface area contributed by atoms with Gasteiger partial charge in [0.25, 0.3) is 5.91 Å². The van der Waals surface area contributed by atoms with Crippen LogP contribution >= 0.6 is 11.6 Å². The van der Waals surface area contributed by atoms with Gasteiger partial charge >= 0.3 is 0 Å². The van der Waals surface area contributed by atoms with Crippen molar-refractivity contribution in [2.45, 2.75) is 19.4 Å². The predicted octanol–water partition coefficient (Wildman–Crippen LogP) is 3.28. The van der Waals surface area contributed by atoms with Gasteiger partial charge in [0.15, 0.2) is 6.54 Å². The summed E-state index contributed by atoms with van der Waals surface area (Å²) in [7, 11) is 0. The first kappa shape index (κ1) is 17.7. The normalized spacial score (nSPS) is 15.6. The van der Waals surface area contributed by atoms with E-state index in [0.29, 0.717) is 13.1 Å². The Morgan fingerprint density at radius 1 is 1.16 bits per heavy atom. The van der Waals surface area contributed by atoms with Crippen LogP contribution in [0.3, 0.4) is 0 Å². The van der Waals surface area contributed by atoms with Crippen molar-refractivity contribution in [2.75, 3.05) is 19.6 Å². The van der Waals surface area contributed by atoms with Gasteiger partial charge in [-0.25, -0.2) is 0 Å². The Hall–Kier alpha value is -2.10. The van der Waals surface area contributed by atoms with Crippen LogP contribution in [0.15, 0.2) is 60.7 Å². The molecule has 0 aromatic heterocycles. The van der Waals surface area contributed by atoms with Crippen LogP contribution in [-0.2, 0) is 4.79 Å². The molecule has 1 heterocycles. The van der Waals surface area contributed by atoms with E-state index in [0.717, 1.165) is 23.6 Å². The molecule has 0 fully saturated rings. The molecule has 0 aliphatic carbocycles. The molecule has 1 aliphatic rings. The molecule has 0 saturated carbocycles. The highest BCUT2D eigenvalue weighted by molar-refractivity contribution is 6.31. The highest BCUT2D eigenvalue weighted by atomic mass is 35.5. The molecule has 4 heteroatoms. The van der Waals surface area contributed by atoms with E-state index in [2.05, 4.69) is 42.6 Å². The van der Waals surface area contributed by atoms with E-state index >= 15 is 0 Å². The molecule has 25 heavy (non-hydrogen) atoms. The van der Waals surface area contributed by atoms with Crippen molar-refractivity contribution >= 4 is 23.1 Å². The van der Waals surface area contributed by atoms with Crippen LogP contribution in [0.25, 0.3) is 5.57 Å². The van der Waals surface area contributed by atoms with Crippen molar-refractivity contribution in [3.05, 3.63) is 76.8 Å². The fourth-order valence-electron chi connectivity index (χ4n) is 3.19. The van der Waals surface area contributed by atoms with Gasteiger partial charge in [0, 0.05) is 23.7 Å². The van der Waals surface area contributed by atoms with Crippen molar-refractivity contribution in [2.24, 2.45) is 0 Å². The molecule has 0 saturated heterocycles. The third kappa shape index (κ3) is 4.50. The largest absolute Gasteiger partial charge is 0.334 e. The minimum atomic E-state index is 0.165. The van der Waals surface area contributed by atoms with Crippen molar-refractivity contribution in [3.8, 4) is 0 Å². The molecule has 1 aliphatic heterocycles. The Morgan fingerprint density at radius 3 is 2.56 bits per heavy atom. The molecule has 2 aromatic carbocycles. The summed E-state index contributed by atoms with van der Waals surface area (Å²) in [6.07, 6.45) is 3.09. The second-order valence-electron chi connectivity index (χ2n) is 6.44. The zero-order valence-corrected chi connectivity index (χ0v) is 15.2. The lowest BCUT2D eigenvalue weighted by Crippen LogP contribution is -2.87. The lowest BCUT2D eigenvalue weighted by atomic mass is 9.99. The Morgan fingerprint density at radius 2 is 1.88 bits per heavy atom. The summed E-state index contributed by atoms with van der Waals surface area (Å²) in [5.41, 5.74) is 3.66. The minimum absolute atomic E-state index is 0.165. The molecule has 3 rings (SSSR count). The Labute approximate surface area is 154 Å². The summed E-state index contributed by atoms with van der Waals surface area (Å²) in [5, 5.41) is 2.81. The van der Waals surface area contributed by atoms with Gasteiger partial charge in [-0.2, -0.15) is 0 Å². The van der Waals surface area contributed by atoms with Gasteiger partial charge in [-0.15, -0.1) is 0 Å². The molecule has 0 unspecified atom stereocenters. The van der Waals surface area contributed by atoms with E-state index in [1.165, 1.54) is 11.1 Å². The summed E-state index contributed by atoms with van der Waals surface area (Å²) in [5.74, 6) is 0.183. The van der Waals surface area contributed by atoms with Crippen LogP contribution in [0, 0.1) is 0 Å². The van der Waals surface area contributed by atoms with E-state index in [9.17, 15) is 4.79 Å². The Kier molecular flexibility index (Phi) is 5.90. The minimum Gasteiger partial charge on any atom is -0.334 e.